The lowest BCUT2D eigenvalue weighted by molar-refractivity contribution is -0.159. The van der Waals surface area contributed by atoms with Crippen molar-refractivity contribution in [1.29, 1.82) is 0 Å². The molecule has 1 atom stereocenters. The Morgan fingerprint density at radius 1 is 1.17 bits per heavy atom. The summed E-state index contributed by atoms with van der Waals surface area (Å²) in [6, 6.07) is -0.567. The average molecular weight is 263 g/mol. The zero-order valence-corrected chi connectivity index (χ0v) is 9.91. The standard InChI is InChI=1S/C11H16F3N3O/c12-11(13,14)10-16-9(17-18-10)8(15)7-5-3-1-2-4-6-7/h7-8H,1-6,15H2. The lowest BCUT2D eigenvalue weighted by Gasteiger charge is -2.18. The van der Waals surface area contributed by atoms with Gasteiger partial charge in [0, 0.05) is 0 Å². The smallest absolute Gasteiger partial charge is 0.329 e. The molecule has 1 aromatic rings. The lowest BCUT2D eigenvalue weighted by atomic mass is 9.92. The summed E-state index contributed by atoms with van der Waals surface area (Å²) in [5, 5.41) is 3.36. The van der Waals surface area contributed by atoms with Crippen LogP contribution in [0.3, 0.4) is 0 Å². The summed E-state index contributed by atoms with van der Waals surface area (Å²) in [6.07, 6.45) is 1.65. The second-order valence-corrected chi connectivity index (χ2v) is 4.73. The van der Waals surface area contributed by atoms with Crippen LogP contribution in [0.2, 0.25) is 0 Å². The first-order valence-electron chi connectivity index (χ1n) is 6.15. The third-order valence-corrected chi connectivity index (χ3v) is 3.39. The molecule has 102 valence electrons. The van der Waals surface area contributed by atoms with Crippen LogP contribution >= 0.6 is 0 Å². The van der Waals surface area contributed by atoms with Crippen molar-refractivity contribution in [1.82, 2.24) is 10.1 Å². The Morgan fingerprint density at radius 3 is 2.28 bits per heavy atom. The second-order valence-electron chi connectivity index (χ2n) is 4.73. The monoisotopic (exact) mass is 263 g/mol. The number of nitrogens with two attached hydrogens (primary N) is 1. The molecule has 1 saturated carbocycles. The molecule has 0 amide bonds. The van der Waals surface area contributed by atoms with Crippen LogP contribution in [0.1, 0.15) is 56.3 Å². The van der Waals surface area contributed by atoms with Crippen LogP contribution in [0, 0.1) is 5.92 Å². The Balaban J connectivity index is 2.08. The Bertz CT molecular complexity index is 383. The van der Waals surface area contributed by atoms with Crippen LogP contribution in [0.4, 0.5) is 13.2 Å². The van der Waals surface area contributed by atoms with Gasteiger partial charge in [0.25, 0.3) is 0 Å². The molecule has 0 radical (unpaired) electrons. The molecule has 18 heavy (non-hydrogen) atoms. The highest BCUT2D eigenvalue weighted by atomic mass is 19.4. The van der Waals surface area contributed by atoms with E-state index in [4.69, 9.17) is 5.73 Å². The maximum absolute atomic E-state index is 12.3. The molecule has 1 aliphatic carbocycles. The lowest BCUT2D eigenvalue weighted by Crippen LogP contribution is -2.22. The zero-order valence-electron chi connectivity index (χ0n) is 9.91. The highest BCUT2D eigenvalue weighted by Gasteiger charge is 2.39. The average Bonchev–Trinajstić information content (AvgIpc) is 2.65. The highest BCUT2D eigenvalue weighted by Crippen LogP contribution is 2.33. The number of alkyl halides is 3. The molecule has 0 bridgehead atoms. The van der Waals surface area contributed by atoms with Crippen molar-refractivity contribution in [2.45, 2.75) is 50.7 Å². The molecule has 0 spiro atoms. The molecular formula is C11H16F3N3O. The van der Waals surface area contributed by atoms with E-state index < -0.39 is 18.1 Å². The van der Waals surface area contributed by atoms with E-state index in [9.17, 15) is 13.2 Å². The molecule has 1 aromatic heterocycles. The minimum Gasteiger partial charge on any atom is -0.329 e. The van der Waals surface area contributed by atoms with Gasteiger partial charge < -0.3 is 10.3 Å². The number of halogens is 3. The molecule has 0 aromatic carbocycles. The summed E-state index contributed by atoms with van der Waals surface area (Å²) in [6.45, 7) is 0. The van der Waals surface area contributed by atoms with Crippen molar-refractivity contribution in [3.05, 3.63) is 11.7 Å². The van der Waals surface area contributed by atoms with Gasteiger partial charge in [-0.25, -0.2) is 0 Å². The minimum atomic E-state index is -4.60. The highest BCUT2D eigenvalue weighted by molar-refractivity contribution is 4.97. The van der Waals surface area contributed by atoms with Gasteiger partial charge in [0.2, 0.25) is 0 Å². The van der Waals surface area contributed by atoms with Crippen LogP contribution in [0.15, 0.2) is 4.52 Å². The molecule has 1 aliphatic rings. The third-order valence-electron chi connectivity index (χ3n) is 3.39. The van der Waals surface area contributed by atoms with Crippen molar-refractivity contribution in [3.8, 4) is 0 Å². The summed E-state index contributed by atoms with van der Waals surface area (Å²) in [5.41, 5.74) is 5.94. The largest absolute Gasteiger partial charge is 0.471 e. The van der Waals surface area contributed by atoms with Gasteiger partial charge in [0.05, 0.1) is 6.04 Å². The quantitative estimate of drug-likeness (QED) is 0.833. The maximum atomic E-state index is 12.3. The molecule has 1 heterocycles. The van der Waals surface area contributed by atoms with Gasteiger partial charge in [0.15, 0.2) is 5.82 Å². The molecule has 0 aliphatic heterocycles. The fourth-order valence-corrected chi connectivity index (χ4v) is 2.37. The molecule has 4 nitrogen and oxygen atoms in total. The Morgan fingerprint density at radius 2 is 1.78 bits per heavy atom. The van der Waals surface area contributed by atoms with E-state index >= 15 is 0 Å². The fourth-order valence-electron chi connectivity index (χ4n) is 2.37. The van der Waals surface area contributed by atoms with Crippen LogP contribution in [-0.2, 0) is 6.18 Å². The van der Waals surface area contributed by atoms with E-state index in [0.29, 0.717) is 0 Å². The summed E-state index contributed by atoms with van der Waals surface area (Å²) in [7, 11) is 0. The number of hydrogen-bond donors (Lipinski definition) is 1. The fraction of sp³-hybridized carbons (Fsp3) is 0.818. The molecule has 7 heteroatoms. The molecular weight excluding hydrogens is 247 g/mol. The van der Waals surface area contributed by atoms with E-state index in [-0.39, 0.29) is 11.7 Å². The first-order valence-corrected chi connectivity index (χ1v) is 6.15. The van der Waals surface area contributed by atoms with E-state index in [1.54, 1.807) is 0 Å². The van der Waals surface area contributed by atoms with Crippen molar-refractivity contribution in [2.75, 3.05) is 0 Å². The van der Waals surface area contributed by atoms with E-state index in [1.165, 1.54) is 0 Å². The molecule has 0 saturated heterocycles. The Hall–Kier alpha value is -1.11. The van der Waals surface area contributed by atoms with Gasteiger partial charge >= 0.3 is 12.1 Å². The van der Waals surface area contributed by atoms with E-state index in [1.807, 2.05) is 0 Å². The van der Waals surface area contributed by atoms with Gasteiger partial charge in [-0.05, 0) is 18.8 Å². The van der Waals surface area contributed by atoms with Crippen LogP contribution in [-0.4, -0.2) is 10.1 Å². The predicted molar refractivity (Wildman–Crippen MR) is 57.4 cm³/mol. The van der Waals surface area contributed by atoms with Gasteiger partial charge in [-0.3, -0.25) is 0 Å². The first kappa shape index (κ1) is 13.3. The van der Waals surface area contributed by atoms with Crippen molar-refractivity contribution >= 4 is 0 Å². The molecule has 2 rings (SSSR count). The second kappa shape index (κ2) is 5.26. The summed E-state index contributed by atoms with van der Waals surface area (Å²) in [4.78, 5) is 3.36. The van der Waals surface area contributed by atoms with Crippen molar-refractivity contribution < 1.29 is 17.7 Å². The number of nitrogens with zero attached hydrogens (tertiary/aromatic N) is 2. The van der Waals surface area contributed by atoms with Crippen LogP contribution < -0.4 is 5.73 Å². The van der Waals surface area contributed by atoms with E-state index in [2.05, 4.69) is 14.7 Å². The van der Waals surface area contributed by atoms with Crippen LogP contribution in [0.5, 0.6) is 0 Å². The SMILES string of the molecule is NC(c1noc(C(F)(F)F)n1)C1CCCCCC1. The topological polar surface area (TPSA) is 64.9 Å². The van der Waals surface area contributed by atoms with E-state index in [0.717, 1.165) is 38.5 Å². The third kappa shape index (κ3) is 3.01. The Labute approximate surface area is 103 Å². The zero-order chi connectivity index (χ0) is 13.2. The van der Waals surface area contributed by atoms with Crippen molar-refractivity contribution in [3.63, 3.8) is 0 Å². The van der Waals surface area contributed by atoms with Crippen LogP contribution in [0.25, 0.3) is 0 Å². The number of aromatic nitrogens is 2. The normalized spacial score (nSPS) is 20.7. The van der Waals surface area contributed by atoms with Crippen molar-refractivity contribution in [2.24, 2.45) is 11.7 Å². The van der Waals surface area contributed by atoms with Gasteiger partial charge in [0.1, 0.15) is 0 Å². The Kier molecular flexibility index (Phi) is 3.89. The molecule has 1 fully saturated rings. The molecule has 2 N–H and O–H groups in total. The predicted octanol–water partition coefficient (Wildman–Crippen LogP) is 3.06. The van der Waals surface area contributed by atoms with Gasteiger partial charge in [-0.15, -0.1) is 0 Å². The summed E-state index contributed by atoms with van der Waals surface area (Å²) >= 11 is 0. The molecule has 1 unspecified atom stereocenters. The first-order chi connectivity index (χ1) is 8.48. The summed E-state index contributed by atoms with van der Waals surface area (Å²) in [5.74, 6) is -1.21. The van der Waals surface area contributed by atoms with Gasteiger partial charge in [-0.1, -0.05) is 30.8 Å². The minimum absolute atomic E-state index is 0.0331. The van der Waals surface area contributed by atoms with Gasteiger partial charge in [-0.2, -0.15) is 18.2 Å². The number of hydrogen-bond acceptors (Lipinski definition) is 4. The maximum Gasteiger partial charge on any atom is 0.471 e. The summed E-state index contributed by atoms with van der Waals surface area (Å²) < 4.78 is 41.2. The number of rotatable bonds is 2.